The summed E-state index contributed by atoms with van der Waals surface area (Å²) in [5, 5.41) is 10.3. The van der Waals surface area contributed by atoms with E-state index in [1.807, 2.05) is 0 Å². The predicted octanol–water partition coefficient (Wildman–Crippen LogP) is 4.00. The second kappa shape index (κ2) is 6.86. The molecule has 0 saturated heterocycles. The molecule has 3 rings (SSSR count). The molecule has 0 saturated carbocycles. The number of rotatable bonds is 5. The molecule has 0 fully saturated rings. The first-order chi connectivity index (χ1) is 12.3. The summed E-state index contributed by atoms with van der Waals surface area (Å²) in [7, 11) is -2.47. The van der Waals surface area contributed by atoms with E-state index in [9.17, 15) is 13.2 Å². The van der Waals surface area contributed by atoms with E-state index in [1.165, 1.54) is 31.4 Å². The Morgan fingerprint density at radius 3 is 2.42 bits per heavy atom. The molecule has 26 heavy (non-hydrogen) atoms. The van der Waals surface area contributed by atoms with Gasteiger partial charge >= 0.3 is 5.97 Å². The van der Waals surface area contributed by atoms with Crippen molar-refractivity contribution in [3.8, 4) is 5.75 Å². The van der Waals surface area contributed by atoms with Crippen LogP contribution in [0.1, 0.15) is 10.4 Å². The van der Waals surface area contributed by atoms with Crippen molar-refractivity contribution in [1.82, 2.24) is 0 Å². The zero-order chi connectivity index (χ0) is 18.9. The number of hydrogen-bond acceptors (Lipinski definition) is 4. The fourth-order valence-electron chi connectivity index (χ4n) is 2.64. The minimum atomic E-state index is -3.98. The van der Waals surface area contributed by atoms with Gasteiger partial charge in [0.05, 0.1) is 23.3 Å². The van der Waals surface area contributed by atoms with Crippen molar-refractivity contribution in [3.05, 3.63) is 65.2 Å². The maximum Gasteiger partial charge on any atom is 0.335 e. The summed E-state index contributed by atoms with van der Waals surface area (Å²) in [6.45, 7) is 0. The molecule has 3 aromatic rings. The standard InChI is InChI=1S/C18H14ClNO5S/c1-25-16-6-7-17(15-5-3-2-4-14(15)16)26(23,24)20-13-9-11(18(21)22)8-12(19)10-13/h2-10,20H,1H3,(H,21,22). The maximum absolute atomic E-state index is 12.9. The van der Waals surface area contributed by atoms with Crippen LogP contribution in [0.4, 0.5) is 5.69 Å². The molecule has 8 heteroatoms. The quantitative estimate of drug-likeness (QED) is 0.685. The van der Waals surface area contributed by atoms with Crippen LogP contribution in [0, 0.1) is 0 Å². The molecule has 3 aromatic carbocycles. The molecule has 0 aliphatic carbocycles. The molecule has 0 amide bonds. The van der Waals surface area contributed by atoms with Crippen LogP contribution in [0.25, 0.3) is 10.8 Å². The number of halogens is 1. The number of sulfonamides is 1. The van der Waals surface area contributed by atoms with Crippen LogP contribution >= 0.6 is 11.6 Å². The van der Waals surface area contributed by atoms with Crippen molar-refractivity contribution in [3.63, 3.8) is 0 Å². The highest BCUT2D eigenvalue weighted by atomic mass is 35.5. The average Bonchev–Trinajstić information content (AvgIpc) is 2.59. The molecule has 0 unspecified atom stereocenters. The highest BCUT2D eigenvalue weighted by Crippen LogP contribution is 2.32. The first-order valence-corrected chi connectivity index (χ1v) is 9.30. The fraction of sp³-hybridized carbons (Fsp3) is 0.0556. The first kappa shape index (κ1) is 18.0. The Balaban J connectivity index is 2.10. The van der Waals surface area contributed by atoms with Crippen LogP contribution in [-0.4, -0.2) is 26.6 Å². The number of methoxy groups -OCH3 is 1. The largest absolute Gasteiger partial charge is 0.496 e. The Hall–Kier alpha value is -2.77. The van der Waals surface area contributed by atoms with Gasteiger partial charge in [0.2, 0.25) is 0 Å². The summed E-state index contributed by atoms with van der Waals surface area (Å²) in [6.07, 6.45) is 0. The van der Waals surface area contributed by atoms with Gasteiger partial charge in [-0.15, -0.1) is 0 Å². The average molecular weight is 392 g/mol. The lowest BCUT2D eigenvalue weighted by atomic mass is 10.1. The van der Waals surface area contributed by atoms with Crippen molar-refractivity contribution in [2.24, 2.45) is 0 Å². The number of anilines is 1. The highest BCUT2D eigenvalue weighted by molar-refractivity contribution is 7.93. The Bertz CT molecular complexity index is 1110. The van der Waals surface area contributed by atoms with Crippen LogP contribution < -0.4 is 9.46 Å². The van der Waals surface area contributed by atoms with Gasteiger partial charge in [-0.2, -0.15) is 0 Å². The third-order valence-electron chi connectivity index (χ3n) is 3.75. The van der Waals surface area contributed by atoms with Gasteiger partial charge in [0.25, 0.3) is 10.0 Å². The lowest BCUT2D eigenvalue weighted by Gasteiger charge is -2.13. The van der Waals surface area contributed by atoms with E-state index in [0.717, 1.165) is 0 Å². The predicted molar refractivity (Wildman–Crippen MR) is 99.7 cm³/mol. The normalized spacial score (nSPS) is 11.3. The molecule has 134 valence electrons. The topological polar surface area (TPSA) is 92.7 Å². The molecule has 0 atom stereocenters. The number of fused-ring (bicyclic) bond motifs is 1. The van der Waals surface area contributed by atoms with Gasteiger partial charge in [-0.25, -0.2) is 13.2 Å². The summed E-state index contributed by atoms with van der Waals surface area (Å²) >= 11 is 5.89. The SMILES string of the molecule is COc1ccc(S(=O)(=O)Nc2cc(Cl)cc(C(=O)O)c2)c2ccccc12. The monoisotopic (exact) mass is 391 g/mol. The third-order valence-corrected chi connectivity index (χ3v) is 5.41. The Labute approximate surface area is 155 Å². The zero-order valence-corrected chi connectivity index (χ0v) is 15.1. The van der Waals surface area contributed by atoms with Gasteiger partial charge < -0.3 is 9.84 Å². The molecule has 0 aliphatic rings. The Morgan fingerprint density at radius 1 is 1.08 bits per heavy atom. The number of benzene rings is 3. The summed E-state index contributed by atoms with van der Waals surface area (Å²) in [5.41, 5.74) is -0.0513. The number of carboxylic acid groups (broad SMARTS) is 1. The molecule has 0 bridgehead atoms. The molecule has 0 spiro atoms. The smallest absolute Gasteiger partial charge is 0.335 e. The number of carboxylic acids is 1. The van der Waals surface area contributed by atoms with Gasteiger partial charge in [0.1, 0.15) is 5.75 Å². The summed E-state index contributed by atoms with van der Waals surface area (Å²) < 4.78 is 33.4. The molecule has 2 N–H and O–H groups in total. The Morgan fingerprint density at radius 2 is 1.77 bits per heavy atom. The van der Waals surface area contributed by atoms with E-state index >= 15 is 0 Å². The van der Waals surface area contributed by atoms with Gasteiger partial charge in [-0.05, 0) is 30.3 Å². The van der Waals surface area contributed by atoms with E-state index in [2.05, 4.69) is 4.72 Å². The van der Waals surface area contributed by atoms with Gasteiger partial charge in [0.15, 0.2) is 0 Å². The van der Waals surface area contributed by atoms with Crippen molar-refractivity contribution in [2.75, 3.05) is 11.8 Å². The fourth-order valence-corrected chi connectivity index (χ4v) is 4.13. The summed E-state index contributed by atoms with van der Waals surface area (Å²) in [5.74, 6) is -0.654. The van der Waals surface area contributed by atoms with Crippen molar-refractivity contribution < 1.29 is 23.1 Å². The number of hydrogen-bond donors (Lipinski definition) is 2. The maximum atomic E-state index is 12.9. The van der Waals surface area contributed by atoms with E-state index in [4.69, 9.17) is 21.4 Å². The van der Waals surface area contributed by atoms with Crippen molar-refractivity contribution >= 4 is 44.1 Å². The molecule has 0 radical (unpaired) electrons. The van der Waals surface area contributed by atoms with E-state index in [-0.39, 0.29) is 21.2 Å². The first-order valence-electron chi connectivity index (χ1n) is 7.44. The number of carbonyl (C=O) groups is 1. The Kier molecular flexibility index (Phi) is 4.76. The number of nitrogens with one attached hydrogen (secondary N) is 1. The molecule has 6 nitrogen and oxygen atoms in total. The third kappa shape index (κ3) is 3.44. The zero-order valence-electron chi connectivity index (χ0n) is 13.6. The second-order valence-corrected chi connectivity index (χ2v) is 7.54. The van der Waals surface area contributed by atoms with Crippen molar-refractivity contribution in [1.29, 1.82) is 0 Å². The number of aromatic carboxylic acids is 1. The van der Waals surface area contributed by atoms with E-state index in [0.29, 0.717) is 16.5 Å². The van der Waals surface area contributed by atoms with Crippen LogP contribution in [0.15, 0.2) is 59.5 Å². The lowest BCUT2D eigenvalue weighted by molar-refractivity contribution is 0.0697. The summed E-state index contributed by atoms with van der Waals surface area (Å²) in [4.78, 5) is 11.2. The van der Waals surface area contributed by atoms with E-state index in [1.54, 1.807) is 30.3 Å². The van der Waals surface area contributed by atoms with Gasteiger partial charge in [-0.1, -0.05) is 35.9 Å². The molecule has 0 aliphatic heterocycles. The molecular formula is C18H14ClNO5S. The van der Waals surface area contributed by atoms with Crippen LogP contribution in [0.5, 0.6) is 5.75 Å². The minimum Gasteiger partial charge on any atom is -0.496 e. The van der Waals surface area contributed by atoms with Crippen LogP contribution in [0.3, 0.4) is 0 Å². The van der Waals surface area contributed by atoms with E-state index < -0.39 is 16.0 Å². The number of ether oxygens (including phenoxy) is 1. The summed E-state index contributed by atoms with van der Waals surface area (Å²) in [6, 6.07) is 13.7. The highest BCUT2D eigenvalue weighted by Gasteiger charge is 2.20. The second-order valence-electron chi connectivity index (χ2n) is 5.45. The molecule has 0 heterocycles. The lowest BCUT2D eigenvalue weighted by Crippen LogP contribution is -2.14. The molecular weight excluding hydrogens is 378 g/mol. The minimum absolute atomic E-state index is 0.0470. The van der Waals surface area contributed by atoms with Crippen LogP contribution in [-0.2, 0) is 10.0 Å². The molecule has 0 aromatic heterocycles. The van der Waals surface area contributed by atoms with Crippen molar-refractivity contribution in [2.45, 2.75) is 4.90 Å². The van der Waals surface area contributed by atoms with Gasteiger partial charge in [-0.3, -0.25) is 4.72 Å². The van der Waals surface area contributed by atoms with Gasteiger partial charge in [0, 0.05) is 15.8 Å². The van der Waals surface area contributed by atoms with Crippen LogP contribution in [0.2, 0.25) is 5.02 Å².